The zero-order valence-electron chi connectivity index (χ0n) is 12.4. The molecule has 0 aromatic heterocycles. The van der Waals surface area contributed by atoms with E-state index in [9.17, 15) is 0 Å². The molecule has 2 rings (SSSR count). The topological polar surface area (TPSA) is 39.7 Å². The number of rotatable bonds is 8. The van der Waals surface area contributed by atoms with E-state index in [4.69, 9.17) is 14.2 Å². The summed E-state index contributed by atoms with van der Waals surface area (Å²) in [6.07, 6.45) is 2.70. The fraction of sp³-hybridized carbons (Fsp3) is 0.625. The molecule has 4 heteroatoms. The molecule has 20 heavy (non-hydrogen) atoms. The highest BCUT2D eigenvalue weighted by atomic mass is 16.5. The van der Waals surface area contributed by atoms with Crippen molar-refractivity contribution in [1.82, 2.24) is 5.32 Å². The third kappa shape index (κ3) is 4.78. The summed E-state index contributed by atoms with van der Waals surface area (Å²) >= 11 is 0. The average molecular weight is 279 g/mol. The van der Waals surface area contributed by atoms with Gasteiger partial charge in [-0.3, -0.25) is 0 Å². The van der Waals surface area contributed by atoms with E-state index in [-0.39, 0.29) is 0 Å². The van der Waals surface area contributed by atoms with Crippen LogP contribution in [-0.2, 0) is 16.1 Å². The van der Waals surface area contributed by atoms with E-state index in [1.807, 2.05) is 24.3 Å². The van der Waals surface area contributed by atoms with Crippen LogP contribution in [0.25, 0.3) is 0 Å². The van der Waals surface area contributed by atoms with Gasteiger partial charge in [-0.15, -0.1) is 0 Å². The van der Waals surface area contributed by atoms with Gasteiger partial charge in [0.05, 0.1) is 12.7 Å². The summed E-state index contributed by atoms with van der Waals surface area (Å²) in [4.78, 5) is 0. The summed E-state index contributed by atoms with van der Waals surface area (Å²) in [5, 5.41) is 3.46. The van der Waals surface area contributed by atoms with E-state index in [1.54, 1.807) is 7.11 Å². The van der Waals surface area contributed by atoms with E-state index in [0.717, 1.165) is 30.9 Å². The molecule has 112 valence electrons. The highest BCUT2D eigenvalue weighted by molar-refractivity contribution is 5.28. The van der Waals surface area contributed by atoms with Gasteiger partial charge in [0.1, 0.15) is 12.4 Å². The van der Waals surface area contributed by atoms with E-state index in [1.165, 1.54) is 6.42 Å². The lowest BCUT2D eigenvalue weighted by atomic mass is 10.1. The molecule has 1 fully saturated rings. The van der Waals surface area contributed by atoms with Crippen molar-refractivity contribution in [2.75, 3.05) is 26.9 Å². The maximum Gasteiger partial charge on any atom is 0.119 e. The molecule has 2 atom stereocenters. The summed E-state index contributed by atoms with van der Waals surface area (Å²) in [5.41, 5.74) is 1.13. The van der Waals surface area contributed by atoms with Crippen molar-refractivity contribution < 1.29 is 14.2 Å². The van der Waals surface area contributed by atoms with Crippen LogP contribution in [0.4, 0.5) is 0 Å². The molecule has 0 radical (unpaired) electrons. The van der Waals surface area contributed by atoms with Crippen LogP contribution in [0.5, 0.6) is 5.75 Å². The summed E-state index contributed by atoms with van der Waals surface area (Å²) in [5.74, 6) is 0.895. The molecule has 4 nitrogen and oxygen atoms in total. The second-order valence-electron chi connectivity index (χ2n) is 5.22. The Morgan fingerprint density at radius 2 is 2.35 bits per heavy atom. The van der Waals surface area contributed by atoms with Crippen LogP contribution in [0.2, 0.25) is 0 Å². The van der Waals surface area contributed by atoms with Gasteiger partial charge in [0.2, 0.25) is 0 Å². The Balaban J connectivity index is 1.66. The van der Waals surface area contributed by atoms with Crippen molar-refractivity contribution in [3.05, 3.63) is 29.8 Å². The minimum absolute atomic E-state index is 0.361. The Morgan fingerprint density at radius 3 is 3.10 bits per heavy atom. The molecule has 0 bridgehead atoms. The molecule has 1 aliphatic rings. The van der Waals surface area contributed by atoms with Crippen LogP contribution in [0.3, 0.4) is 0 Å². The lowest BCUT2D eigenvalue weighted by Gasteiger charge is -2.20. The van der Waals surface area contributed by atoms with Crippen LogP contribution >= 0.6 is 0 Å². The highest BCUT2D eigenvalue weighted by Gasteiger charge is 2.21. The summed E-state index contributed by atoms with van der Waals surface area (Å²) in [6.45, 7) is 5.18. The van der Waals surface area contributed by atoms with Gasteiger partial charge in [-0.2, -0.15) is 0 Å². The smallest absolute Gasteiger partial charge is 0.119 e. The third-order valence-electron chi connectivity index (χ3n) is 3.57. The monoisotopic (exact) mass is 279 g/mol. The number of methoxy groups -OCH3 is 1. The van der Waals surface area contributed by atoms with Crippen molar-refractivity contribution in [1.29, 1.82) is 0 Å². The third-order valence-corrected chi connectivity index (χ3v) is 3.57. The number of hydrogen-bond acceptors (Lipinski definition) is 4. The second kappa shape index (κ2) is 8.25. The van der Waals surface area contributed by atoms with Crippen molar-refractivity contribution in [3.63, 3.8) is 0 Å². The molecule has 1 aliphatic heterocycles. The Morgan fingerprint density at radius 1 is 1.45 bits per heavy atom. The quantitative estimate of drug-likeness (QED) is 0.742. The molecule has 0 amide bonds. The lowest BCUT2D eigenvalue weighted by Crippen LogP contribution is -2.39. The average Bonchev–Trinajstić information content (AvgIpc) is 2.98. The molecular formula is C16H25NO3. The summed E-state index contributed by atoms with van der Waals surface area (Å²) in [6, 6.07) is 8.41. The Bertz CT molecular complexity index is 391. The molecule has 1 N–H and O–H groups in total. The molecule has 1 aromatic rings. The number of ether oxygens (including phenoxy) is 3. The zero-order valence-corrected chi connectivity index (χ0v) is 12.4. The number of hydrogen-bond donors (Lipinski definition) is 1. The first-order valence-electron chi connectivity index (χ1n) is 7.35. The zero-order chi connectivity index (χ0) is 14.2. The van der Waals surface area contributed by atoms with Crippen molar-refractivity contribution in [2.24, 2.45) is 0 Å². The predicted molar refractivity (Wildman–Crippen MR) is 79.1 cm³/mol. The fourth-order valence-corrected chi connectivity index (χ4v) is 2.48. The van der Waals surface area contributed by atoms with Gasteiger partial charge in [-0.1, -0.05) is 12.1 Å². The van der Waals surface area contributed by atoms with Crippen LogP contribution in [0.15, 0.2) is 24.3 Å². The number of benzene rings is 1. The molecule has 1 heterocycles. The minimum Gasteiger partial charge on any atom is -0.492 e. The predicted octanol–water partition coefficient (Wildman–Crippen LogP) is 2.37. The van der Waals surface area contributed by atoms with Gasteiger partial charge in [-0.25, -0.2) is 0 Å². The van der Waals surface area contributed by atoms with Crippen molar-refractivity contribution >= 4 is 0 Å². The van der Waals surface area contributed by atoms with Crippen LogP contribution < -0.4 is 10.1 Å². The largest absolute Gasteiger partial charge is 0.492 e. The molecule has 0 saturated carbocycles. The molecule has 1 aromatic carbocycles. The molecule has 0 spiro atoms. The Hall–Kier alpha value is -1.10. The van der Waals surface area contributed by atoms with Crippen LogP contribution in [0, 0.1) is 0 Å². The molecular weight excluding hydrogens is 254 g/mol. The SMILES string of the molecule is COCc1cccc(OCCNC(C)C2CCCO2)c1. The number of nitrogens with one attached hydrogen (secondary N) is 1. The van der Waals surface area contributed by atoms with E-state index < -0.39 is 0 Å². The van der Waals surface area contributed by atoms with Gasteiger partial charge in [0.25, 0.3) is 0 Å². The maximum absolute atomic E-state index is 5.75. The first-order valence-corrected chi connectivity index (χ1v) is 7.35. The lowest BCUT2D eigenvalue weighted by molar-refractivity contribution is 0.0824. The second-order valence-corrected chi connectivity index (χ2v) is 5.22. The van der Waals surface area contributed by atoms with Gasteiger partial charge in [0, 0.05) is 26.3 Å². The minimum atomic E-state index is 0.361. The van der Waals surface area contributed by atoms with Gasteiger partial charge in [0.15, 0.2) is 0 Å². The van der Waals surface area contributed by atoms with E-state index >= 15 is 0 Å². The van der Waals surface area contributed by atoms with Crippen LogP contribution in [0.1, 0.15) is 25.3 Å². The van der Waals surface area contributed by atoms with Crippen LogP contribution in [-0.4, -0.2) is 39.0 Å². The van der Waals surface area contributed by atoms with Crippen molar-refractivity contribution in [3.8, 4) is 5.75 Å². The van der Waals surface area contributed by atoms with Gasteiger partial charge >= 0.3 is 0 Å². The first-order chi connectivity index (χ1) is 9.79. The Labute approximate surface area is 121 Å². The summed E-state index contributed by atoms with van der Waals surface area (Å²) in [7, 11) is 1.70. The fourth-order valence-electron chi connectivity index (χ4n) is 2.48. The molecule has 1 saturated heterocycles. The van der Waals surface area contributed by atoms with E-state index in [0.29, 0.717) is 25.4 Å². The first kappa shape index (κ1) is 15.3. The van der Waals surface area contributed by atoms with E-state index in [2.05, 4.69) is 12.2 Å². The van der Waals surface area contributed by atoms with Gasteiger partial charge in [-0.05, 0) is 37.5 Å². The van der Waals surface area contributed by atoms with Gasteiger partial charge < -0.3 is 19.5 Å². The normalized spacial score (nSPS) is 20.0. The maximum atomic E-state index is 5.75. The molecule has 0 aliphatic carbocycles. The van der Waals surface area contributed by atoms with Crippen molar-refractivity contribution in [2.45, 2.75) is 38.5 Å². The highest BCUT2D eigenvalue weighted by Crippen LogP contribution is 2.16. The molecule has 2 unspecified atom stereocenters. The Kier molecular flexibility index (Phi) is 6.30. The summed E-state index contributed by atoms with van der Waals surface area (Å²) < 4.78 is 16.5. The standard InChI is InChI=1S/C16H25NO3/c1-13(16-7-4-9-20-16)17-8-10-19-15-6-3-5-14(11-15)12-18-2/h3,5-6,11,13,16-17H,4,7-10,12H2,1-2H3.